The summed E-state index contributed by atoms with van der Waals surface area (Å²) in [5.41, 5.74) is 1.60. The van der Waals surface area contributed by atoms with Gasteiger partial charge in [-0.3, -0.25) is 0 Å². The van der Waals surface area contributed by atoms with Crippen molar-refractivity contribution in [2.45, 2.75) is 12.5 Å². The van der Waals surface area contributed by atoms with Crippen LogP contribution >= 0.6 is 22.9 Å². The average Bonchev–Trinajstić information content (AvgIpc) is 2.87. The minimum atomic E-state index is -0.289. The van der Waals surface area contributed by atoms with E-state index < -0.39 is 0 Å². The predicted octanol–water partition coefficient (Wildman–Crippen LogP) is 4.59. The molecule has 1 heterocycles. The summed E-state index contributed by atoms with van der Waals surface area (Å²) in [5, 5.41) is 4.55. The third-order valence-corrected chi connectivity index (χ3v) is 4.70. The molecule has 2 aromatic carbocycles. The highest BCUT2D eigenvalue weighted by molar-refractivity contribution is 7.18. The highest BCUT2D eigenvalue weighted by atomic mass is 35.5. The van der Waals surface area contributed by atoms with Crippen molar-refractivity contribution < 1.29 is 4.39 Å². The summed E-state index contributed by atoms with van der Waals surface area (Å²) in [6.45, 7) is 0. The van der Waals surface area contributed by atoms with Crippen molar-refractivity contribution in [3.8, 4) is 0 Å². The molecule has 2 nitrogen and oxygen atoms in total. The molecule has 3 aromatic rings. The maximum Gasteiger partial charge on any atom is 0.129 e. The van der Waals surface area contributed by atoms with Gasteiger partial charge >= 0.3 is 0 Å². The Kier molecular flexibility index (Phi) is 4.19. The number of para-hydroxylation sites is 1. The van der Waals surface area contributed by atoms with Crippen molar-refractivity contribution >= 4 is 33.2 Å². The van der Waals surface area contributed by atoms with Crippen molar-refractivity contribution in [2.24, 2.45) is 0 Å². The molecule has 1 aromatic heterocycles. The molecule has 0 fully saturated rings. The van der Waals surface area contributed by atoms with Gasteiger partial charge in [0, 0.05) is 23.0 Å². The molecule has 108 valence electrons. The molecule has 0 saturated carbocycles. The lowest BCUT2D eigenvalue weighted by Gasteiger charge is -2.16. The first-order chi connectivity index (χ1) is 10.2. The van der Waals surface area contributed by atoms with E-state index in [1.807, 2.05) is 31.3 Å². The standard InChI is InChI=1S/C16H14ClFN2S/c1-19-14(11-7-6-10(17)8-12(11)18)9-16-20-13-4-2-3-5-15(13)21-16/h2-8,14,19H,9H2,1H3. The molecule has 1 N–H and O–H groups in total. The number of nitrogens with zero attached hydrogens (tertiary/aromatic N) is 1. The summed E-state index contributed by atoms with van der Waals surface area (Å²) < 4.78 is 15.2. The zero-order valence-corrected chi connectivity index (χ0v) is 13.0. The van der Waals surface area contributed by atoms with Crippen LogP contribution in [0.2, 0.25) is 5.02 Å². The van der Waals surface area contributed by atoms with E-state index in [1.165, 1.54) is 6.07 Å². The van der Waals surface area contributed by atoms with Crippen LogP contribution in [-0.2, 0) is 6.42 Å². The van der Waals surface area contributed by atoms with Gasteiger partial charge in [-0.2, -0.15) is 0 Å². The first-order valence-corrected chi connectivity index (χ1v) is 7.83. The molecule has 0 aliphatic rings. The zero-order valence-electron chi connectivity index (χ0n) is 11.4. The number of aromatic nitrogens is 1. The second kappa shape index (κ2) is 6.10. The Balaban J connectivity index is 1.90. The van der Waals surface area contributed by atoms with Gasteiger partial charge in [0.15, 0.2) is 0 Å². The second-order valence-electron chi connectivity index (χ2n) is 4.79. The van der Waals surface area contributed by atoms with Crippen LogP contribution in [0.5, 0.6) is 0 Å². The molecule has 1 unspecified atom stereocenters. The molecule has 0 amide bonds. The Morgan fingerprint density at radius 2 is 2.10 bits per heavy atom. The maximum absolute atomic E-state index is 14.1. The average molecular weight is 321 g/mol. The van der Waals surface area contributed by atoms with Crippen molar-refractivity contribution in [3.63, 3.8) is 0 Å². The number of rotatable bonds is 4. The van der Waals surface area contributed by atoms with Gasteiger partial charge in [-0.05, 0) is 31.3 Å². The van der Waals surface area contributed by atoms with Crippen LogP contribution in [0.4, 0.5) is 4.39 Å². The van der Waals surface area contributed by atoms with Gasteiger partial charge in [-0.15, -0.1) is 11.3 Å². The summed E-state index contributed by atoms with van der Waals surface area (Å²) in [5.74, 6) is -0.289. The van der Waals surface area contributed by atoms with Gasteiger partial charge in [0.05, 0.1) is 15.2 Å². The molecule has 0 bridgehead atoms. The normalized spacial score (nSPS) is 12.7. The van der Waals surface area contributed by atoms with E-state index in [4.69, 9.17) is 11.6 Å². The molecule has 0 saturated heterocycles. The van der Waals surface area contributed by atoms with E-state index in [0.717, 1.165) is 15.2 Å². The monoisotopic (exact) mass is 320 g/mol. The molecular formula is C16H14ClFN2S. The fourth-order valence-electron chi connectivity index (χ4n) is 2.33. The summed E-state index contributed by atoms with van der Waals surface area (Å²) in [7, 11) is 1.83. The predicted molar refractivity (Wildman–Crippen MR) is 86.5 cm³/mol. The molecule has 3 rings (SSSR count). The van der Waals surface area contributed by atoms with Crippen LogP contribution in [0.1, 0.15) is 16.6 Å². The Morgan fingerprint density at radius 3 is 2.81 bits per heavy atom. The third-order valence-electron chi connectivity index (χ3n) is 3.40. The fraction of sp³-hybridized carbons (Fsp3) is 0.188. The lowest BCUT2D eigenvalue weighted by atomic mass is 10.0. The highest BCUT2D eigenvalue weighted by Gasteiger charge is 2.17. The number of halogens is 2. The van der Waals surface area contributed by atoms with Crippen LogP contribution < -0.4 is 5.32 Å². The number of thiazole rings is 1. The van der Waals surface area contributed by atoms with Crippen LogP contribution in [0.15, 0.2) is 42.5 Å². The molecule has 5 heteroatoms. The number of likely N-dealkylation sites (N-methyl/N-ethyl adjacent to an activating group) is 1. The van der Waals surface area contributed by atoms with E-state index in [0.29, 0.717) is 17.0 Å². The Hall–Kier alpha value is -1.49. The molecule has 0 radical (unpaired) electrons. The smallest absolute Gasteiger partial charge is 0.129 e. The van der Waals surface area contributed by atoms with Crippen molar-refractivity contribution in [3.05, 3.63) is 63.9 Å². The molecule has 0 aliphatic carbocycles. The lowest BCUT2D eigenvalue weighted by Crippen LogP contribution is -2.20. The van der Waals surface area contributed by atoms with Gasteiger partial charge < -0.3 is 5.32 Å². The molecule has 1 atom stereocenters. The van der Waals surface area contributed by atoms with Crippen molar-refractivity contribution in [2.75, 3.05) is 7.05 Å². The quantitative estimate of drug-likeness (QED) is 0.760. The molecular weight excluding hydrogens is 307 g/mol. The Labute approximate surface area is 131 Å². The summed E-state index contributed by atoms with van der Waals surface area (Å²) in [6, 6.07) is 12.7. The summed E-state index contributed by atoms with van der Waals surface area (Å²) in [6.07, 6.45) is 0.647. The van der Waals surface area contributed by atoms with Crippen LogP contribution in [0, 0.1) is 5.82 Å². The third kappa shape index (κ3) is 3.07. The topological polar surface area (TPSA) is 24.9 Å². The van der Waals surface area contributed by atoms with Gasteiger partial charge in [-0.1, -0.05) is 29.8 Å². The number of hydrogen-bond acceptors (Lipinski definition) is 3. The van der Waals surface area contributed by atoms with E-state index in [1.54, 1.807) is 23.5 Å². The number of nitrogens with one attached hydrogen (secondary N) is 1. The Morgan fingerprint density at radius 1 is 1.29 bits per heavy atom. The Bertz CT molecular complexity index is 739. The van der Waals surface area contributed by atoms with Crippen molar-refractivity contribution in [1.82, 2.24) is 10.3 Å². The van der Waals surface area contributed by atoms with E-state index in [2.05, 4.69) is 10.3 Å². The minimum absolute atomic E-state index is 0.122. The maximum atomic E-state index is 14.1. The van der Waals surface area contributed by atoms with Crippen LogP contribution in [0.25, 0.3) is 10.2 Å². The molecule has 21 heavy (non-hydrogen) atoms. The summed E-state index contributed by atoms with van der Waals surface area (Å²) in [4.78, 5) is 4.60. The van der Waals surface area contributed by atoms with E-state index in [9.17, 15) is 4.39 Å². The van der Waals surface area contributed by atoms with E-state index >= 15 is 0 Å². The largest absolute Gasteiger partial charge is 0.313 e. The van der Waals surface area contributed by atoms with E-state index in [-0.39, 0.29) is 11.9 Å². The van der Waals surface area contributed by atoms with Crippen molar-refractivity contribution in [1.29, 1.82) is 0 Å². The van der Waals surface area contributed by atoms with Gasteiger partial charge in [0.25, 0.3) is 0 Å². The SMILES string of the molecule is CNC(Cc1nc2ccccc2s1)c1ccc(Cl)cc1F. The fourth-order valence-corrected chi connectivity index (χ4v) is 3.50. The first-order valence-electron chi connectivity index (χ1n) is 6.64. The number of benzene rings is 2. The lowest BCUT2D eigenvalue weighted by molar-refractivity contribution is 0.533. The van der Waals surface area contributed by atoms with Gasteiger partial charge in [0.2, 0.25) is 0 Å². The summed E-state index contributed by atoms with van der Waals surface area (Å²) >= 11 is 7.45. The molecule has 0 aliphatic heterocycles. The minimum Gasteiger partial charge on any atom is -0.313 e. The number of hydrogen-bond donors (Lipinski definition) is 1. The van der Waals surface area contributed by atoms with Crippen LogP contribution in [-0.4, -0.2) is 12.0 Å². The zero-order chi connectivity index (χ0) is 14.8. The molecule has 0 spiro atoms. The van der Waals surface area contributed by atoms with Crippen LogP contribution in [0.3, 0.4) is 0 Å². The van der Waals surface area contributed by atoms with Gasteiger partial charge in [-0.25, -0.2) is 9.37 Å². The second-order valence-corrected chi connectivity index (χ2v) is 6.34. The number of fused-ring (bicyclic) bond motifs is 1. The van der Waals surface area contributed by atoms with Gasteiger partial charge in [0.1, 0.15) is 5.82 Å². The first kappa shape index (κ1) is 14.4. The highest BCUT2D eigenvalue weighted by Crippen LogP contribution is 2.28.